The van der Waals surface area contributed by atoms with E-state index in [2.05, 4.69) is 71.1 Å². The summed E-state index contributed by atoms with van der Waals surface area (Å²) in [5.74, 6) is -0.723. The summed E-state index contributed by atoms with van der Waals surface area (Å²) in [6, 6.07) is 22.5. The van der Waals surface area contributed by atoms with Crippen LogP contribution in [0.3, 0.4) is 0 Å². The van der Waals surface area contributed by atoms with Crippen molar-refractivity contribution in [2.75, 3.05) is 11.4 Å². The highest BCUT2D eigenvalue weighted by Gasteiger charge is 2.35. The summed E-state index contributed by atoms with van der Waals surface area (Å²) < 4.78 is 6.52. The zero-order valence-electron chi connectivity index (χ0n) is 24.2. The number of unbranched alkanes of at least 4 members (excludes halogenated alkanes) is 1. The van der Waals surface area contributed by atoms with E-state index in [-0.39, 0.29) is 16.3 Å². The maximum Gasteiger partial charge on any atom is 0.439 e. The van der Waals surface area contributed by atoms with Gasteiger partial charge in [-0.15, -0.1) is 0 Å². The summed E-state index contributed by atoms with van der Waals surface area (Å²) in [6.07, 6.45) is 2.48. The van der Waals surface area contributed by atoms with Crippen molar-refractivity contribution in [3.05, 3.63) is 105 Å². The molecule has 1 aliphatic rings. The number of benzene rings is 3. The first-order valence-corrected chi connectivity index (χ1v) is 14.7. The number of nitrogens with one attached hydrogen (secondary N) is 1. The smallest absolute Gasteiger partial charge is 0.439 e. The van der Waals surface area contributed by atoms with Gasteiger partial charge in [0.1, 0.15) is 5.82 Å². The lowest BCUT2D eigenvalue weighted by Gasteiger charge is -2.24. The van der Waals surface area contributed by atoms with Crippen LogP contribution >= 0.6 is 11.6 Å². The number of carboxylic acid groups (broad SMARTS) is 1. The van der Waals surface area contributed by atoms with Crippen molar-refractivity contribution >= 4 is 28.9 Å². The summed E-state index contributed by atoms with van der Waals surface area (Å²) in [4.78, 5) is 33.2. The number of aryl methyl sites for hydroxylation is 1. The van der Waals surface area contributed by atoms with Crippen LogP contribution in [0.4, 0.5) is 11.4 Å². The number of halogens is 1. The number of anilines is 2. The number of carboxylic acids is 1. The molecule has 220 valence electrons. The lowest BCUT2D eigenvalue weighted by atomic mass is 9.87. The van der Waals surface area contributed by atoms with Gasteiger partial charge in [-0.05, 0) is 52.9 Å². The molecule has 0 spiro atoms. The molecule has 0 atom stereocenters. The molecule has 0 amide bonds. The van der Waals surface area contributed by atoms with Crippen LogP contribution in [0.5, 0.6) is 0 Å². The molecule has 0 fully saturated rings. The van der Waals surface area contributed by atoms with Gasteiger partial charge in [0.15, 0.2) is 16.7 Å². The number of fused-ring (bicyclic) bond motifs is 1. The van der Waals surface area contributed by atoms with Gasteiger partial charge in [-0.2, -0.15) is 0 Å². The van der Waals surface area contributed by atoms with E-state index in [1.54, 1.807) is 4.57 Å². The molecular weight excluding hydrogens is 566 g/mol. The third-order valence-corrected chi connectivity index (χ3v) is 8.32. The Labute approximate surface area is 253 Å². The molecule has 10 heteroatoms. The van der Waals surface area contributed by atoms with E-state index in [4.69, 9.17) is 16.1 Å². The Hall–Kier alpha value is -4.63. The van der Waals surface area contributed by atoms with Gasteiger partial charge in [0.2, 0.25) is 0 Å². The molecule has 0 unspecified atom stereocenters. The van der Waals surface area contributed by atoms with Crippen LogP contribution in [-0.2, 0) is 18.4 Å². The number of carbonyl (C=O) groups is 1. The molecule has 3 aromatic carbocycles. The van der Waals surface area contributed by atoms with Crippen molar-refractivity contribution < 1.29 is 14.4 Å². The van der Waals surface area contributed by atoms with Crippen molar-refractivity contribution in [2.24, 2.45) is 0 Å². The van der Waals surface area contributed by atoms with E-state index in [1.807, 2.05) is 36.4 Å². The van der Waals surface area contributed by atoms with Crippen LogP contribution in [0.15, 0.2) is 76.0 Å². The van der Waals surface area contributed by atoms with E-state index in [0.717, 1.165) is 47.3 Å². The maximum atomic E-state index is 12.0. The predicted octanol–water partition coefficient (Wildman–Crippen LogP) is 7.07. The average Bonchev–Trinajstić information content (AvgIpc) is 3.65. The van der Waals surface area contributed by atoms with Crippen molar-refractivity contribution in [3.63, 3.8) is 0 Å². The zero-order valence-corrected chi connectivity index (χ0v) is 25.0. The van der Waals surface area contributed by atoms with Gasteiger partial charge >= 0.3 is 11.7 Å². The summed E-state index contributed by atoms with van der Waals surface area (Å²) >= 11 is 6.24. The monoisotopic (exact) mass is 597 g/mol. The number of H-pyrrole nitrogens is 1. The molecule has 5 aromatic rings. The maximum absolute atomic E-state index is 12.0. The SMILES string of the molecule is CCCCc1nc(Cl)c(C(=O)O)n1Cc1ccc(-c2cc(N3CC(C)(C)c4ccccc43)ccc2-c2noc(=O)[nH]2)cc1. The molecule has 2 N–H and O–H groups in total. The first-order valence-electron chi connectivity index (χ1n) is 14.3. The molecule has 0 radical (unpaired) electrons. The van der Waals surface area contributed by atoms with Crippen molar-refractivity contribution in [1.29, 1.82) is 0 Å². The standard InChI is InChI=1S/C33H32ClN5O4/c1-4-5-10-27-35-29(34)28(31(40)41)38(27)18-20-11-13-21(14-12-20)24-17-22(15-16-23(24)30-36-32(42)43-37-30)39-19-33(2,3)25-8-6-7-9-26(25)39/h6-9,11-17H,4-5,10,18-19H2,1-3H3,(H,40,41)(H,36,37,42). The van der Waals surface area contributed by atoms with Crippen molar-refractivity contribution in [2.45, 2.75) is 52.0 Å². The largest absolute Gasteiger partial charge is 0.476 e. The lowest BCUT2D eigenvalue weighted by molar-refractivity contribution is 0.0685. The number of para-hydroxylation sites is 1. The molecule has 9 nitrogen and oxygen atoms in total. The van der Waals surface area contributed by atoms with Crippen LogP contribution in [0.25, 0.3) is 22.5 Å². The molecular formula is C33H32ClN5O4. The number of imidazole rings is 1. The van der Waals surface area contributed by atoms with Crippen LogP contribution in [0.2, 0.25) is 5.15 Å². The Morgan fingerprint density at radius 3 is 2.56 bits per heavy atom. The van der Waals surface area contributed by atoms with Gasteiger partial charge in [0.05, 0.1) is 0 Å². The third-order valence-electron chi connectivity index (χ3n) is 8.05. The first kappa shape index (κ1) is 28.5. The second-order valence-corrected chi connectivity index (χ2v) is 11.9. The highest BCUT2D eigenvalue weighted by molar-refractivity contribution is 6.32. The van der Waals surface area contributed by atoms with Crippen LogP contribution < -0.4 is 10.7 Å². The molecule has 0 saturated carbocycles. The average molecular weight is 598 g/mol. The molecule has 3 heterocycles. The fourth-order valence-electron chi connectivity index (χ4n) is 5.91. The quantitative estimate of drug-likeness (QED) is 0.187. The second kappa shape index (κ2) is 11.2. The van der Waals surface area contributed by atoms with Crippen LogP contribution in [0.1, 0.15) is 61.1 Å². The Balaban J connectivity index is 1.39. The Morgan fingerprint density at radius 1 is 1.09 bits per heavy atom. The van der Waals surface area contributed by atoms with E-state index in [1.165, 1.54) is 11.3 Å². The van der Waals surface area contributed by atoms with Gasteiger partial charge in [-0.25, -0.2) is 14.6 Å². The highest BCUT2D eigenvalue weighted by atomic mass is 35.5. The Morgan fingerprint density at radius 2 is 1.86 bits per heavy atom. The highest BCUT2D eigenvalue weighted by Crippen LogP contribution is 2.45. The van der Waals surface area contributed by atoms with Gasteiger partial charge in [-0.1, -0.05) is 86.4 Å². The molecule has 0 bridgehead atoms. The fraction of sp³-hybridized carbons (Fsp3) is 0.273. The van der Waals surface area contributed by atoms with Crippen LogP contribution in [0, 0.1) is 0 Å². The minimum Gasteiger partial charge on any atom is -0.476 e. The van der Waals surface area contributed by atoms with E-state index in [9.17, 15) is 14.7 Å². The normalized spacial score (nSPS) is 13.8. The molecule has 2 aromatic heterocycles. The summed E-state index contributed by atoms with van der Waals surface area (Å²) in [5, 5.41) is 13.8. The minimum absolute atomic E-state index is 0.00404. The minimum atomic E-state index is -1.11. The summed E-state index contributed by atoms with van der Waals surface area (Å²) in [6.45, 7) is 7.72. The second-order valence-electron chi connectivity index (χ2n) is 11.5. The van der Waals surface area contributed by atoms with Gasteiger partial charge < -0.3 is 14.6 Å². The van der Waals surface area contributed by atoms with Gasteiger partial charge in [0, 0.05) is 41.9 Å². The number of rotatable bonds is 9. The lowest BCUT2D eigenvalue weighted by Crippen LogP contribution is -2.25. The number of aromatic carboxylic acids is 1. The van der Waals surface area contributed by atoms with Crippen LogP contribution in [-0.4, -0.2) is 37.3 Å². The van der Waals surface area contributed by atoms with Crippen molar-refractivity contribution in [1.82, 2.24) is 19.7 Å². The summed E-state index contributed by atoms with van der Waals surface area (Å²) in [5.41, 5.74) is 6.87. The number of aromatic amines is 1. The van der Waals surface area contributed by atoms with Crippen molar-refractivity contribution in [3.8, 4) is 22.5 Å². The number of nitrogens with zero attached hydrogens (tertiary/aromatic N) is 4. The number of aromatic nitrogens is 4. The molecule has 6 rings (SSSR count). The predicted molar refractivity (Wildman–Crippen MR) is 166 cm³/mol. The Bertz CT molecular complexity index is 1870. The molecule has 1 aliphatic heterocycles. The van der Waals surface area contributed by atoms with E-state index < -0.39 is 11.7 Å². The van der Waals surface area contributed by atoms with Gasteiger partial charge in [0.25, 0.3) is 0 Å². The first-order chi connectivity index (χ1) is 20.7. The molecule has 43 heavy (non-hydrogen) atoms. The Kier molecular flexibility index (Phi) is 7.43. The fourth-order valence-corrected chi connectivity index (χ4v) is 6.19. The number of hydrogen-bond acceptors (Lipinski definition) is 6. The number of hydrogen-bond donors (Lipinski definition) is 2. The zero-order chi connectivity index (χ0) is 30.3. The van der Waals surface area contributed by atoms with Gasteiger partial charge in [-0.3, -0.25) is 9.51 Å². The third kappa shape index (κ3) is 5.36. The molecule has 0 saturated heterocycles. The van der Waals surface area contributed by atoms with E-state index >= 15 is 0 Å². The molecule has 0 aliphatic carbocycles. The van der Waals surface area contributed by atoms with E-state index in [0.29, 0.717) is 24.6 Å². The topological polar surface area (TPSA) is 117 Å². The summed E-state index contributed by atoms with van der Waals surface area (Å²) in [7, 11) is 0.